The summed E-state index contributed by atoms with van der Waals surface area (Å²) in [6.45, 7) is 4.01. The van der Waals surface area contributed by atoms with Gasteiger partial charge in [0.15, 0.2) is 11.8 Å². The molecule has 27 heavy (non-hydrogen) atoms. The summed E-state index contributed by atoms with van der Waals surface area (Å²) in [5.41, 5.74) is 1.90. The van der Waals surface area contributed by atoms with Crippen molar-refractivity contribution in [3.8, 4) is 11.8 Å². The second kappa shape index (κ2) is 9.12. The summed E-state index contributed by atoms with van der Waals surface area (Å²) in [6.07, 6.45) is 1.67. The van der Waals surface area contributed by atoms with Crippen molar-refractivity contribution in [2.24, 2.45) is 0 Å². The van der Waals surface area contributed by atoms with Crippen LogP contribution in [0.2, 0.25) is 0 Å². The summed E-state index contributed by atoms with van der Waals surface area (Å²) in [7, 11) is 1.68. The Morgan fingerprint density at radius 2 is 1.89 bits per heavy atom. The van der Waals surface area contributed by atoms with Gasteiger partial charge in [-0.1, -0.05) is 26.0 Å². The first-order valence-electron chi connectivity index (χ1n) is 9.14. The number of benzene rings is 1. The fourth-order valence-corrected chi connectivity index (χ4v) is 2.91. The van der Waals surface area contributed by atoms with Crippen LogP contribution in [0.15, 0.2) is 30.3 Å². The van der Waals surface area contributed by atoms with E-state index in [1.54, 1.807) is 32.2 Å². The molecule has 3 N–H and O–H groups in total. The number of nitrogens with one attached hydrogen (secondary N) is 1. The van der Waals surface area contributed by atoms with E-state index in [1.165, 1.54) is 15.5 Å². The predicted octanol–water partition coefficient (Wildman–Crippen LogP) is 3.25. The van der Waals surface area contributed by atoms with Gasteiger partial charge in [-0.2, -0.15) is 0 Å². The number of carbonyl (C=O) groups is 2. The minimum absolute atomic E-state index is 0.00481. The Labute approximate surface area is 159 Å². The molecule has 2 amide bonds. The van der Waals surface area contributed by atoms with Crippen LogP contribution in [-0.4, -0.2) is 33.6 Å². The Kier molecular flexibility index (Phi) is 6.87. The van der Waals surface area contributed by atoms with Gasteiger partial charge in [0.2, 0.25) is 11.8 Å². The summed E-state index contributed by atoms with van der Waals surface area (Å²) in [5.74, 6) is -0.195. The maximum atomic E-state index is 12.3. The van der Waals surface area contributed by atoms with E-state index in [2.05, 4.69) is 5.32 Å². The average molecular weight is 373 g/mol. The zero-order chi connectivity index (χ0) is 20.0. The van der Waals surface area contributed by atoms with E-state index in [1.807, 2.05) is 13.0 Å². The molecule has 0 aliphatic rings. The van der Waals surface area contributed by atoms with Crippen LogP contribution in [0, 0.1) is 0 Å². The number of carbonyl (C=O) groups excluding carboxylic acids is 2. The zero-order valence-corrected chi connectivity index (χ0v) is 16.0. The third-order valence-electron chi connectivity index (χ3n) is 4.51. The lowest BCUT2D eigenvalue weighted by molar-refractivity contribution is -0.118. The molecule has 0 fully saturated rings. The van der Waals surface area contributed by atoms with Crippen LogP contribution in [0.1, 0.15) is 38.7 Å². The first-order valence-corrected chi connectivity index (χ1v) is 9.14. The molecule has 0 atom stereocenters. The molecule has 1 aromatic heterocycles. The average Bonchev–Trinajstić information content (AvgIpc) is 2.94. The Bertz CT molecular complexity index is 814. The van der Waals surface area contributed by atoms with Crippen LogP contribution in [0.3, 0.4) is 0 Å². The molecule has 2 aromatic rings. The van der Waals surface area contributed by atoms with Gasteiger partial charge in [0.05, 0.1) is 11.4 Å². The summed E-state index contributed by atoms with van der Waals surface area (Å²) in [4.78, 5) is 25.8. The molecule has 0 saturated heterocycles. The lowest BCUT2D eigenvalue weighted by Crippen LogP contribution is -2.26. The number of rotatable bonds is 8. The second-order valence-electron chi connectivity index (χ2n) is 6.33. The summed E-state index contributed by atoms with van der Waals surface area (Å²) in [5, 5.41) is 22.8. The van der Waals surface area contributed by atoms with Crippen molar-refractivity contribution in [3.05, 3.63) is 35.9 Å². The largest absolute Gasteiger partial charge is 0.494 e. The molecule has 0 spiro atoms. The third kappa shape index (κ3) is 4.81. The molecular formula is C20H27N3O4. The van der Waals surface area contributed by atoms with Crippen molar-refractivity contribution in [2.45, 2.75) is 46.1 Å². The van der Waals surface area contributed by atoms with Gasteiger partial charge in [-0.3, -0.25) is 14.2 Å². The van der Waals surface area contributed by atoms with E-state index >= 15 is 0 Å². The van der Waals surface area contributed by atoms with Crippen LogP contribution in [-0.2, 0) is 22.6 Å². The van der Waals surface area contributed by atoms with Gasteiger partial charge >= 0.3 is 0 Å². The molecule has 0 aliphatic carbocycles. The number of hydrogen-bond donors (Lipinski definition) is 3. The molecular weight excluding hydrogens is 346 g/mol. The molecule has 7 nitrogen and oxygen atoms in total. The maximum Gasteiger partial charge on any atom is 0.226 e. The second-order valence-corrected chi connectivity index (χ2v) is 6.33. The molecule has 146 valence electrons. The molecule has 1 heterocycles. The highest BCUT2D eigenvalue weighted by atomic mass is 16.3. The molecule has 1 aromatic carbocycles. The standard InChI is InChI=1S/C20H27N3O4/c1-4-14-13-19(26)23(20(14)27)12-8-11-17(24)21-15-9-6-7-10-16(15)22(3)18(25)5-2/h6-7,9-10,13,26-27H,4-5,8,11-12H2,1-3H3,(H,21,24). The Morgan fingerprint density at radius 1 is 1.19 bits per heavy atom. The van der Waals surface area contributed by atoms with Crippen molar-refractivity contribution in [2.75, 3.05) is 17.3 Å². The highest BCUT2D eigenvalue weighted by molar-refractivity contribution is 6.00. The summed E-state index contributed by atoms with van der Waals surface area (Å²) < 4.78 is 1.40. The molecule has 2 rings (SSSR count). The van der Waals surface area contributed by atoms with Crippen molar-refractivity contribution >= 4 is 23.2 Å². The van der Waals surface area contributed by atoms with E-state index in [0.29, 0.717) is 42.7 Å². The fraction of sp³-hybridized carbons (Fsp3) is 0.400. The van der Waals surface area contributed by atoms with E-state index in [4.69, 9.17) is 0 Å². The SMILES string of the molecule is CCC(=O)N(C)c1ccccc1NC(=O)CCCn1c(O)cc(CC)c1O. The van der Waals surface area contributed by atoms with Crippen LogP contribution >= 0.6 is 0 Å². The van der Waals surface area contributed by atoms with E-state index in [9.17, 15) is 19.8 Å². The molecule has 0 radical (unpaired) electrons. The molecule has 0 aliphatic heterocycles. The topological polar surface area (TPSA) is 94.8 Å². The van der Waals surface area contributed by atoms with Gasteiger partial charge in [-0.05, 0) is 25.0 Å². The van der Waals surface area contributed by atoms with Gasteiger partial charge in [0.1, 0.15) is 0 Å². The van der Waals surface area contributed by atoms with Gasteiger partial charge < -0.3 is 20.4 Å². The van der Waals surface area contributed by atoms with Crippen LogP contribution in [0.25, 0.3) is 0 Å². The van der Waals surface area contributed by atoms with Gasteiger partial charge in [0.25, 0.3) is 0 Å². The first kappa shape index (κ1) is 20.4. The summed E-state index contributed by atoms with van der Waals surface area (Å²) in [6, 6.07) is 8.68. The Hall–Kier alpha value is -2.96. The minimum atomic E-state index is -0.193. The number of aromatic hydroxyl groups is 2. The number of amides is 2. The summed E-state index contributed by atoms with van der Waals surface area (Å²) >= 11 is 0. The highest BCUT2D eigenvalue weighted by Gasteiger charge is 2.15. The molecule has 0 bridgehead atoms. The molecule has 7 heteroatoms. The highest BCUT2D eigenvalue weighted by Crippen LogP contribution is 2.28. The number of hydrogen-bond acceptors (Lipinski definition) is 4. The van der Waals surface area contributed by atoms with Gasteiger partial charge in [-0.15, -0.1) is 0 Å². The maximum absolute atomic E-state index is 12.3. The van der Waals surface area contributed by atoms with E-state index < -0.39 is 0 Å². The zero-order valence-electron chi connectivity index (χ0n) is 16.0. The van der Waals surface area contributed by atoms with Crippen LogP contribution in [0.5, 0.6) is 11.8 Å². The first-order chi connectivity index (χ1) is 12.9. The van der Waals surface area contributed by atoms with Gasteiger partial charge in [0, 0.05) is 38.1 Å². The van der Waals surface area contributed by atoms with Crippen LogP contribution in [0.4, 0.5) is 11.4 Å². The number of anilines is 2. The lowest BCUT2D eigenvalue weighted by atomic mass is 10.2. The lowest BCUT2D eigenvalue weighted by Gasteiger charge is -2.20. The Balaban J connectivity index is 1.97. The van der Waals surface area contributed by atoms with Crippen molar-refractivity contribution < 1.29 is 19.8 Å². The normalized spacial score (nSPS) is 10.6. The number of nitrogens with zero attached hydrogens (tertiary/aromatic N) is 2. The quantitative estimate of drug-likeness (QED) is 0.662. The van der Waals surface area contributed by atoms with Crippen molar-refractivity contribution in [1.29, 1.82) is 0 Å². The number of aryl methyl sites for hydroxylation is 1. The van der Waals surface area contributed by atoms with E-state index in [-0.39, 0.29) is 30.0 Å². The predicted molar refractivity (Wildman–Crippen MR) is 105 cm³/mol. The number of aromatic nitrogens is 1. The monoisotopic (exact) mass is 373 g/mol. The van der Waals surface area contributed by atoms with Crippen molar-refractivity contribution in [3.63, 3.8) is 0 Å². The third-order valence-corrected chi connectivity index (χ3v) is 4.51. The fourth-order valence-electron chi connectivity index (χ4n) is 2.91. The van der Waals surface area contributed by atoms with Crippen LogP contribution < -0.4 is 10.2 Å². The number of para-hydroxylation sites is 2. The van der Waals surface area contributed by atoms with E-state index in [0.717, 1.165) is 0 Å². The molecule has 0 saturated carbocycles. The smallest absolute Gasteiger partial charge is 0.226 e. The van der Waals surface area contributed by atoms with Gasteiger partial charge in [-0.25, -0.2) is 0 Å². The van der Waals surface area contributed by atoms with Crippen molar-refractivity contribution in [1.82, 2.24) is 4.57 Å². The Morgan fingerprint density at radius 3 is 2.52 bits per heavy atom. The minimum Gasteiger partial charge on any atom is -0.494 e. The molecule has 0 unspecified atom stereocenters.